The standard InChI is InChI=1S/C10H19NO2.Li/c1-10(2,3)11-6-4-5-8(7-11)9(12)13;/h8H,4-7H2,1-3H3,(H,12,13);/q;+1/p-1. The van der Waals surface area contributed by atoms with Crippen LogP contribution in [0.15, 0.2) is 0 Å². The van der Waals surface area contributed by atoms with Crippen molar-refractivity contribution in [3.63, 3.8) is 0 Å². The fourth-order valence-corrected chi connectivity index (χ4v) is 1.78. The molecule has 0 spiro atoms. The van der Waals surface area contributed by atoms with Crippen molar-refractivity contribution in [2.45, 2.75) is 39.2 Å². The molecule has 0 aliphatic carbocycles. The topological polar surface area (TPSA) is 43.4 Å². The molecule has 0 N–H and O–H groups in total. The van der Waals surface area contributed by atoms with E-state index in [0.29, 0.717) is 6.54 Å². The van der Waals surface area contributed by atoms with Crippen LogP contribution in [0.1, 0.15) is 33.6 Å². The van der Waals surface area contributed by atoms with Gasteiger partial charge in [-0.25, -0.2) is 0 Å². The van der Waals surface area contributed by atoms with Crippen molar-refractivity contribution in [1.29, 1.82) is 0 Å². The van der Waals surface area contributed by atoms with Crippen LogP contribution in [0.5, 0.6) is 0 Å². The Bertz CT molecular complexity index is 201. The molecule has 0 saturated carbocycles. The summed E-state index contributed by atoms with van der Waals surface area (Å²) in [7, 11) is 0. The van der Waals surface area contributed by atoms with Crippen LogP contribution in [-0.2, 0) is 4.79 Å². The van der Waals surface area contributed by atoms with Gasteiger partial charge in [0.1, 0.15) is 0 Å². The molecule has 1 rings (SSSR count). The van der Waals surface area contributed by atoms with Gasteiger partial charge in [-0.15, -0.1) is 0 Å². The maximum absolute atomic E-state index is 10.7. The molecule has 0 aromatic heterocycles. The van der Waals surface area contributed by atoms with Crippen molar-refractivity contribution in [2.75, 3.05) is 13.1 Å². The number of hydrogen-bond donors (Lipinski definition) is 0. The van der Waals surface area contributed by atoms with Crippen LogP contribution < -0.4 is 24.0 Å². The van der Waals surface area contributed by atoms with Crippen molar-refractivity contribution >= 4 is 5.97 Å². The Morgan fingerprint density at radius 1 is 1.43 bits per heavy atom. The van der Waals surface area contributed by atoms with Gasteiger partial charge in [0.2, 0.25) is 0 Å². The van der Waals surface area contributed by atoms with Gasteiger partial charge in [-0.2, -0.15) is 0 Å². The quantitative estimate of drug-likeness (QED) is 0.422. The number of carbonyl (C=O) groups is 1. The van der Waals surface area contributed by atoms with E-state index in [9.17, 15) is 9.90 Å². The van der Waals surface area contributed by atoms with Crippen LogP contribution in [0.25, 0.3) is 0 Å². The molecule has 1 atom stereocenters. The number of piperidine rings is 1. The minimum atomic E-state index is -0.894. The summed E-state index contributed by atoms with van der Waals surface area (Å²) in [6.45, 7) is 8.00. The molecule has 4 heteroatoms. The molecule has 14 heavy (non-hydrogen) atoms. The molecule has 1 aliphatic heterocycles. The van der Waals surface area contributed by atoms with Crippen LogP contribution in [-0.4, -0.2) is 29.5 Å². The van der Waals surface area contributed by atoms with Gasteiger partial charge < -0.3 is 9.90 Å². The van der Waals surface area contributed by atoms with Gasteiger partial charge in [0.05, 0.1) is 0 Å². The largest absolute Gasteiger partial charge is 1.00 e. The van der Waals surface area contributed by atoms with Crippen molar-refractivity contribution < 1.29 is 28.8 Å². The van der Waals surface area contributed by atoms with E-state index < -0.39 is 5.97 Å². The fourth-order valence-electron chi connectivity index (χ4n) is 1.78. The number of aliphatic carboxylic acids is 1. The van der Waals surface area contributed by atoms with Gasteiger partial charge in [-0.1, -0.05) is 0 Å². The van der Waals surface area contributed by atoms with E-state index in [1.54, 1.807) is 0 Å². The van der Waals surface area contributed by atoms with E-state index in [2.05, 4.69) is 25.7 Å². The third-order valence-electron chi connectivity index (χ3n) is 2.70. The van der Waals surface area contributed by atoms with Gasteiger partial charge in [-0.05, 0) is 40.2 Å². The number of likely N-dealkylation sites (tertiary alicyclic amines) is 1. The summed E-state index contributed by atoms with van der Waals surface area (Å²) in [6.07, 6.45) is 1.74. The molecular weight excluding hydrogens is 173 g/mol. The number of nitrogens with zero attached hydrogens (tertiary/aromatic N) is 1. The maximum atomic E-state index is 10.7. The molecule has 1 fully saturated rings. The SMILES string of the molecule is CC(C)(C)N1CCCC(C(=O)[O-])C1.[Li+]. The van der Waals surface area contributed by atoms with E-state index in [1.165, 1.54) is 0 Å². The van der Waals surface area contributed by atoms with E-state index in [-0.39, 0.29) is 30.3 Å². The summed E-state index contributed by atoms with van der Waals surface area (Å²) < 4.78 is 0. The van der Waals surface area contributed by atoms with Crippen LogP contribution >= 0.6 is 0 Å². The zero-order valence-corrected chi connectivity index (χ0v) is 9.67. The van der Waals surface area contributed by atoms with E-state index in [1.807, 2.05) is 0 Å². The third-order valence-corrected chi connectivity index (χ3v) is 2.70. The summed E-state index contributed by atoms with van der Waals surface area (Å²) >= 11 is 0. The number of carbonyl (C=O) groups excluding carboxylic acids is 1. The Hall–Kier alpha value is 0.0274. The molecule has 3 nitrogen and oxygen atoms in total. The predicted molar refractivity (Wildman–Crippen MR) is 49.1 cm³/mol. The molecular formula is C10H18LiNO2. The second-order valence-corrected chi connectivity index (χ2v) is 4.78. The normalized spacial score (nSPS) is 24.1. The molecule has 0 amide bonds. The molecule has 76 valence electrons. The van der Waals surface area contributed by atoms with Crippen LogP contribution in [0, 0.1) is 5.92 Å². The van der Waals surface area contributed by atoms with Gasteiger partial charge in [0, 0.05) is 24.0 Å². The molecule has 0 aromatic rings. The molecule has 0 bridgehead atoms. The van der Waals surface area contributed by atoms with Crippen molar-refractivity contribution in [3.05, 3.63) is 0 Å². The van der Waals surface area contributed by atoms with Crippen molar-refractivity contribution in [1.82, 2.24) is 4.90 Å². The fraction of sp³-hybridized carbons (Fsp3) is 0.900. The number of carboxylic acids is 1. The summed E-state index contributed by atoms with van der Waals surface area (Å²) in [5, 5.41) is 10.7. The smallest absolute Gasteiger partial charge is 0.550 e. The molecule has 1 saturated heterocycles. The molecule has 1 heterocycles. The Kier molecular flexibility index (Phi) is 5.22. The van der Waals surface area contributed by atoms with E-state index in [0.717, 1.165) is 19.4 Å². The molecule has 0 aromatic carbocycles. The van der Waals surface area contributed by atoms with Gasteiger partial charge in [0.25, 0.3) is 0 Å². The minimum Gasteiger partial charge on any atom is -0.550 e. The Balaban J connectivity index is 0.00000169. The second-order valence-electron chi connectivity index (χ2n) is 4.78. The van der Waals surface area contributed by atoms with Crippen molar-refractivity contribution in [3.8, 4) is 0 Å². The monoisotopic (exact) mass is 191 g/mol. The van der Waals surface area contributed by atoms with Crippen LogP contribution in [0.2, 0.25) is 0 Å². The summed E-state index contributed by atoms with van der Waals surface area (Å²) in [6, 6.07) is 0. The van der Waals surface area contributed by atoms with E-state index in [4.69, 9.17) is 0 Å². The zero-order valence-electron chi connectivity index (χ0n) is 9.67. The predicted octanol–water partition coefficient (Wildman–Crippen LogP) is -2.75. The summed E-state index contributed by atoms with van der Waals surface area (Å²) in [4.78, 5) is 12.9. The maximum Gasteiger partial charge on any atom is 1.00 e. The number of hydrogen-bond acceptors (Lipinski definition) is 3. The average molecular weight is 191 g/mol. The van der Waals surface area contributed by atoms with Gasteiger partial charge in [-0.3, -0.25) is 4.90 Å². The first kappa shape index (κ1) is 14.0. The van der Waals surface area contributed by atoms with Gasteiger partial charge in [0.15, 0.2) is 0 Å². The Morgan fingerprint density at radius 3 is 2.43 bits per heavy atom. The van der Waals surface area contributed by atoms with Crippen LogP contribution in [0.4, 0.5) is 0 Å². The summed E-state index contributed by atoms with van der Waals surface area (Å²) in [5.74, 6) is -1.16. The Morgan fingerprint density at radius 2 is 2.00 bits per heavy atom. The van der Waals surface area contributed by atoms with E-state index >= 15 is 0 Å². The zero-order chi connectivity index (χ0) is 10.1. The molecule has 0 radical (unpaired) electrons. The molecule has 1 aliphatic rings. The average Bonchev–Trinajstić information content (AvgIpc) is 2.03. The second kappa shape index (κ2) is 5.21. The first-order valence-corrected chi connectivity index (χ1v) is 4.87. The Labute approximate surface area is 98.0 Å². The van der Waals surface area contributed by atoms with Crippen LogP contribution in [0.3, 0.4) is 0 Å². The first-order chi connectivity index (χ1) is 5.91. The molecule has 1 unspecified atom stereocenters. The minimum absolute atomic E-state index is 0. The van der Waals surface area contributed by atoms with Gasteiger partial charge >= 0.3 is 18.9 Å². The number of rotatable bonds is 1. The van der Waals surface area contributed by atoms with Crippen molar-refractivity contribution in [2.24, 2.45) is 5.92 Å². The number of carboxylic acid groups (broad SMARTS) is 1. The summed E-state index contributed by atoms with van der Waals surface area (Å²) in [5.41, 5.74) is 0.0775. The first-order valence-electron chi connectivity index (χ1n) is 4.87. The third kappa shape index (κ3) is 3.65.